The van der Waals surface area contributed by atoms with Crippen LogP contribution in [0.1, 0.15) is 27.7 Å². The summed E-state index contributed by atoms with van der Waals surface area (Å²) in [5.74, 6) is 0. The zero-order valence-corrected chi connectivity index (χ0v) is 10.1. The molecule has 16 heavy (non-hydrogen) atoms. The molecule has 0 spiro atoms. The van der Waals surface area contributed by atoms with Crippen LogP contribution in [0.5, 0.6) is 0 Å². The van der Waals surface area contributed by atoms with Gasteiger partial charge in [-0.2, -0.15) is 15.0 Å². The number of alkyl carbamates (subject to hydrolysis) is 1. The van der Waals surface area contributed by atoms with E-state index in [9.17, 15) is 4.79 Å². The molecule has 0 aromatic carbocycles. The number of rotatable bonds is 3. The van der Waals surface area contributed by atoms with Gasteiger partial charge in [0.2, 0.25) is 0 Å². The second kappa shape index (κ2) is 4.96. The standard InChI is InChI=1S/C10H18N4O2/c1-8(7-14-11-5-6-12-14)13-9(15)16-10(2,3)4/h5-6,8H,7H2,1-4H3,(H,13,15)/t8-/m0/s1. The molecular weight excluding hydrogens is 208 g/mol. The van der Waals surface area contributed by atoms with Crippen molar-refractivity contribution in [2.45, 2.75) is 45.9 Å². The summed E-state index contributed by atoms with van der Waals surface area (Å²) in [6.45, 7) is 7.87. The molecule has 0 aliphatic heterocycles. The average Bonchev–Trinajstić information content (AvgIpc) is 2.51. The van der Waals surface area contributed by atoms with Gasteiger partial charge in [0.25, 0.3) is 0 Å². The van der Waals surface area contributed by atoms with Gasteiger partial charge < -0.3 is 10.1 Å². The van der Waals surface area contributed by atoms with Gasteiger partial charge in [-0.3, -0.25) is 0 Å². The molecule has 0 bridgehead atoms. The van der Waals surface area contributed by atoms with Crippen LogP contribution in [0.4, 0.5) is 4.79 Å². The van der Waals surface area contributed by atoms with Crippen LogP contribution >= 0.6 is 0 Å². The van der Waals surface area contributed by atoms with Crippen LogP contribution in [-0.2, 0) is 11.3 Å². The predicted octanol–water partition coefficient (Wildman–Crippen LogP) is 1.19. The van der Waals surface area contributed by atoms with Gasteiger partial charge in [-0.15, -0.1) is 0 Å². The van der Waals surface area contributed by atoms with E-state index in [1.807, 2.05) is 27.7 Å². The molecule has 1 N–H and O–H groups in total. The van der Waals surface area contributed by atoms with Crippen molar-refractivity contribution >= 4 is 6.09 Å². The highest BCUT2D eigenvalue weighted by atomic mass is 16.6. The molecule has 0 radical (unpaired) electrons. The largest absolute Gasteiger partial charge is 0.444 e. The van der Waals surface area contributed by atoms with Gasteiger partial charge in [-0.25, -0.2) is 4.79 Å². The Morgan fingerprint density at radius 3 is 2.50 bits per heavy atom. The fourth-order valence-corrected chi connectivity index (χ4v) is 1.14. The summed E-state index contributed by atoms with van der Waals surface area (Å²) in [5.41, 5.74) is -0.478. The highest BCUT2D eigenvalue weighted by Crippen LogP contribution is 2.06. The molecule has 1 heterocycles. The van der Waals surface area contributed by atoms with E-state index in [2.05, 4.69) is 15.5 Å². The van der Waals surface area contributed by atoms with E-state index in [1.165, 1.54) is 4.80 Å². The third-order valence-corrected chi connectivity index (χ3v) is 1.67. The average molecular weight is 226 g/mol. The second-order valence-electron chi connectivity index (χ2n) is 4.63. The Labute approximate surface area is 95.0 Å². The van der Waals surface area contributed by atoms with Gasteiger partial charge >= 0.3 is 6.09 Å². The number of amides is 1. The van der Waals surface area contributed by atoms with Crippen LogP contribution in [-0.4, -0.2) is 32.7 Å². The minimum atomic E-state index is -0.478. The minimum Gasteiger partial charge on any atom is -0.444 e. The summed E-state index contributed by atoms with van der Waals surface area (Å²) in [6.07, 6.45) is 2.77. The summed E-state index contributed by atoms with van der Waals surface area (Å²) in [6, 6.07) is -0.0813. The van der Waals surface area contributed by atoms with Crippen LogP contribution in [0.15, 0.2) is 12.4 Å². The molecule has 0 saturated carbocycles. The van der Waals surface area contributed by atoms with Crippen molar-refractivity contribution in [3.05, 3.63) is 12.4 Å². The summed E-state index contributed by atoms with van der Waals surface area (Å²) in [4.78, 5) is 12.9. The quantitative estimate of drug-likeness (QED) is 0.840. The Kier molecular flexibility index (Phi) is 3.87. The Balaban J connectivity index is 2.34. The number of nitrogens with one attached hydrogen (secondary N) is 1. The van der Waals surface area contributed by atoms with E-state index < -0.39 is 11.7 Å². The van der Waals surface area contributed by atoms with E-state index in [1.54, 1.807) is 12.4 Å². The third kappa shape index (κ3) is 4.77. The summed E-state index contributed by atoms with van der Waals surface area (Å²) in [5, 5.41) is 10.6. The third-order valence-electron chi connectivity index (χ3n) is 1.67. The second-order valence-corrected chi connectivity index (χ2v) is 4.63. The number of carbonyl (C=O) groups excluding carboxylic acids is 1. The van der Waals surface area contributed by atoms with Crippen molar-refractivity contribution < 1.29 is 9.53 Å². The predicted molar refractivity (Wildman–Crippen MR) is 58.9 cm³/mol. The lowest BCUT2D eigenvalue weighted by Gasteiger charge is -2.21. The molecule has 1 amide bonds. The molecule has 1 rings (SSSR count). The van der Waals surface area contributed by atoms with Crippen molar-refractivity contribution in [2.75, 3.05) is 0 Å². The van der Waals surface area contributed by atoms with Crippen LogP contribution < -0.4 is 5.32 Å². The van der Waals surface area contributed by atoms with Crippen molar-refractivity contribution in [1.82, 2.24) is 20.3 Å². The summed E-state index contributed by atoms with van der Waals surface area (Å²) in [7, 11) is 0. The van der Waals surface area contributed by atoms with E-state index in [0.717, 1.165) is 0 Å². The number of hydrogen-bond donors (Lipinski definition) is 1. The van der Waals surface area contributed by atoms with Gasteiger partial charge in [-0.1, -0.05) is 0 Å². The lowest BCUT2D eigenvalue weighted by Crippen LogP contribution is -2.39. The van der Waals surface area contributed by atoms with E-state index in [4.69, 9.17) is 4.74 Å². The molecule has 1 aromatic heterocycles. The van der Waals surface area contributed by atoms with Gasteiger partial charge in [0.15, 0.2) is 0 Å². The SMILES string of the molecule is C[C@@H](Cn1nccn1)NC(=O)OC(C)(C)C. The topological polar surface area (TPSA) is 69.0 Å². The molecule has 0 unspecified atom stereocenters. The van der Waals surface area contributed by atoms with Gasteiger partial charge in [0, 0.05) is 0 Å². The number of ether oxygens (including phenoxy) is 1. The summed E-state index contributed by atoms with van der Waals surface area (Å²) < 4.78 is 5.13. The van der Waals surface area contributed by atoms with Crippen molar-refractivity contribution in [1.29, 1.82) is 0 Å². The smallest absolute Gasteiger partial charge is 0.407 e. The molecule has 0 aliphatic rings. The zero-order chi connectivity index (χ0) is 12.2. The number of carbonyl (C=O) groups is 1. The fraction of sp³-hybridized carbons (Fsp3) is 0.700. The maximum atomic E-state index is 11.4. The lowest BCUT2D eigenvalue weighted by atomic mass is 10.2. The first-order chi connectivity index (χ1) is 7.37. The molecule has 6 heteroatoms. The monoisotopic (exact) mass is 226 g/mol. The van der Waals surface area contributed by atoms with Crippen molar-refractivity contribution in [2.24, 2.45) is 0 Å². The first-order valence-electron chi connectivity index (χ1n) is 5.20. The zero-order valence-electron chi connectivity index (χ0n) is 10.1. The maximum Gasteiger partial charge on any atom is 0.407 e. The van der Waals surface area contributed by atoms with E-state index >= 15 is 0 Å². The first kappa shape index (κ1) is 12.5. The Bertz CT molecular complexity index is 329. The van der Waals surface area contributed by atoms with E-state index in [-0.39, 0.29) is 6.04 Å². The fourth-order valence-electron chi connectivity index (χ4n) is 1.14. The number of aromatic nitrogens is 3. The maximum absolute atomic E-state index is 11.4. The molecule has 6 nitrogen and oxygen atoms in total. The Morgan fingerprint density at radius 2 is 2.00 bits per heavy atom. The van der Waals surface area contributed by atoms with Gasteiger partial charge in [0.1, 0.15) is 5.60 Å². The Hall–Kier alpha value is -1.59. The molecule has 0 fully saturated rings. The highest BCUT2D eigenvalue weighted by Gasteiger charge is 2.17. The van der Waals surface area contributed by atoms with Crippen molar-refractivity contribution in [3.63, 3.8) is 0 Å². The van der Waals surface area contributed by atoms with Crippen LogP contribution in [0, 0.1) is 0 Å². The molecule has 0 saturated heterocycles. The molecule has 0 aliphatic carbocycles. The minimum absolute atomic E-state index is 0.0813. The first-order valence-corrected chi connectivity index (χ1v) is 5.20. The Morgan fingerprint density at radius 1 is 1.44 bits per heavy atom. The van der Waals surface area contributed by atoms with Crippen molar-refractivity contribution in [3.8, 4) is 0 Å². The summed E-state index contributed by atoms with van der Waals surface area (Å²) >= 11 is 0. The van der Waals surface area contributed by atoms with E-state index in [0.29, 0.717) is 6.54 Å². The number of nitrogens with zero attached hydrogens (tertiary/aromatic N) is 3. The normalized spacial score (nSPS) is 13.2. The highest BCUT2D eigenvalue weighted by molar-refractivity contribution is 5.67. The lowest BCUT2D eigenvalue weighted by molar-refractivity contribution is 0.0502. The van der Waals surface area contributed by atoms with Crippen LogP contribution in [0.3, 0.4) is 0 Å². The van der Waals surface area contributed by atoms with Crippen LogP contribution in [0.25, 0.3) is 0 Å². The molecule has 90 valence electrons. The van der Waals surface area contributed by atoms with Gasteiger partial charge in [-0.05, 0) is 27.7 Å². The molecular formula is C10H18N4O2. The molecule has 1 aromatic rings. The molecule has 1 atom stereocenters. The number of hydrogen-bond acceptors (Lipinski definition) is 4. The van der Waals surface area contributed by atoms with Crippen LogP contribution in [0.2, 0.25) is 0 Å². The van der Waals surface area contributed by atoms with Gasteiger partial charge in [0.05, 0.1) is 25.0 Å².